The van der Waals surface area contributed by atoms with Crippen molar-refractivity contribution in [2.75, 3.05) is 7.11 Å². The average Bonchev–Trinajstić information content (AvgIpc) is 2.42. The van der Waals surface area contributed by atoms with Gasteiger partial charge in [0.2, 0.25) is 0 Å². The maximum atomic E-state index is 11.1. The topological polar surface area (TPSA) is 82.3 Å². The van der Waals surface area contributed by atoms with E-state index in [1.165, 1.54) is 7.11 Å². The van der Waals surface area contributed by atoms with Crippen molar-refractivity contribution in [3.8, 4) is 11.8 Å². The second kappa shape index (κ2) is 7.51. The van der Waals surface area contributed by atoms with Crippen molar-refractivity contribution >= 4 is 5.97 Å². The van der Waals surface area contributed by atoms with E-state index in [-0.39, 0.29) is 0 Å². The Balaban J connectivity index is 2.73. The normalized spacial score (nSPS) is 11.9. The molecule has 0 heterocycles. The number of hydrogen-bond donors (Lipinski definition) is 2. The Morgan fingerprint density at radius 2 is 2.20 bits per heavy atom. The van der Waals surface area contributed by atoms with Gasteiger partial charge in [0, 0.05) is 6.54 Å². The predicted octanol–water partition coefficient (Wildman–Crippen LogP) is 2.16. The van der Waals surface area contributed by atoms with Crippen molar-refractivity contribution in [2.45, 2.75) is 32.9 Å². The zero-order valence-corrected chi connectivity index (χ0v) is 12.0. The first-order valence-corrected chi connectivity index (χ1v) is 6.51. The molecule has 0 aliphatic heterocycles. The van der Waals surface area contributed by atoms with Crippen LogP contribution in [-0.4, -0.2) is 24.2 Å². The number of ether oxygens (including phenoxy) is 1. The molecule has 0 saturated carbocycles. The molecule has 0 saturated heterocycles. The molecule has 20 heavy (non-hydrogen) atoms. The molecule has 0 aromatic heterocycles. The zero-order chi connectivity index (χ0) is 15.1. The van der Waals surface area contributed by atoms with Crippen LogP contribution in [0.5, 0.6) is 5.75 Å². The molecule has 5 heteroatoms. The number of carbonyl (C=O) groups is 1. The first-order valence-electron chi connectivity index (χ1n) is 6.51. The Morgan fingerprint density at radius 1 is 1.50 bits per heavy atom. The van der Waals surface area contributed by atoms with Crippen molar-refractivity contribution in [2.24, 2.45) is 5.92 Å². The molecule has 1 atom stereocenters. The van der Waals surface area contributed by atoms with E-state index in [1.54, 1.807) is 12.1 Å². The van der Waals surface area contributed by atoms with Crippen LogP contribution in [0.2, 0.25) is 0 Å². The van der Waals surface area contributed by atoms with Gasteiger partial charge < -0.3 is 15.2 Å². The number of nitrogens with zero attached hydrogens (tertiary/aromatic N) is 1. The van der Waals surface area contributed by atoms with Gasteiger partial charge in [-0.2, -0.15) is 5.26 Å². The van der Waals surface area contributed by atoms with E-state index in [0.29, 0.717) is 30.2 Å². The lowest BCUT2D eigenvalue weighted by Crippen LogP contribution is -2.37. The second-order valence-corrected chi connectivity index (χ2v) is 5.05. The summed E-state index contributed by atoms with van der Waals surface area (Å²) in [6.07, 6.45) is 0.566. The number of methoxy groups -OCH3 is 1. The smallest absolute Gasteiger partial charge is 0.320 e. The van der Waals surface area contributed by atoms with Crippen LogP contribution < -0.4 is 10.1 Å². The van der Waals surface area contributed by atoms with Gasteiger partial charge in [-0.15, -0.1) is 0 Å². The van der Waals surface area contributed by atoms with E-state index in [4.69, 9.17) is 15.1 Å². The highest BCUT2D eigenvalue weighted by Gasteiger charge is 2.18. The van der Waals surface area contributed by atoms with E-state index in [0.717, 1.165) is 5.56 Å². The molecular weight excluding hydrogens is 256 g/mol. The number of carboxylic acids is 1. The highest BCUT2D eigenvalue weighted by atomic mass is 16.5. The standard InChI is InChI=1S/C15H20N2O3/c1-10(2)6-13(15(18)19)17-9-11-4-5-14(20-3)12(7-11)8-16/h4-5,7,10,13,17H,6,9H2,1-3H3,(H,18,19)/t13-/m0/s1. The Bertz CT molecular complexity index is 506. The SMILES string of the molecule is COc1ccc(CN[C@@H](CC(C)C)C(=O)O)cc1C#N. The first kappa shape index (κ1) is 16.0. The van der Waals surface area contributed by atoms with Crippen LogP contribution >= 0.6 is 0 Å². The molecular formula is C15H20N2O3. The summed E-state index contributed by atoms with van der Waals surface area (Å²) in [6, 6.07) is 6.72. The fourth-order valence-electron chi connectivity index (χ4n) is 1.94. The van der Waals surface area contributed by atoms with E-state index in [9.17, 15) is 4.79 Å². The third-order valence-corrected chi connectivity index (χ3v) is 2.94. The molecule has 0 aliphatic rings. The van der Waals surface area contributed by atoms with Crippen molar-refractivity contribution in [3.05, 3.63) is 29.3 Å². The number of nitrogens with one attached hydrogen (secondary N) is 1. The molecule has 0 aliphatic carbocycles. The quantitative estimate of drug-likeness (QED) is 0.797. The second-order valence-electron chi connectivity index (χ2n) is 5.05. The molecule has 0 spiro atoms. The van der Waals surface area contributed by atoms with Gasteiger partial charge in [0.05, 0.1) is 12.7 Å². The van der Waals surface area contributed by atoms with E-state index < -0.39 is 12.0 Å². The predicted molar refractivity (Wildman–Crippen MR) is 75.4 cm³/mol. The molecule has 2 N–H and O–H groups in total. The van der Waals surface area contributed by atoms with Gasteiger partial charge in [0.15, 0.2) is 0 Å². The van der Waals surface area contributed by atoms with Gasteiger partial charge in [0.1, 0.15) is 17.9 Å². The Hall–Kier alpha value is -2.06. The summed E-state index contributed by atoms with van der Waals surface area (Å²) in [4.78, 5) is 11.1. The largest absolute Gasteiger partial charge is 0.495 e. The molecule has 5 nitrogen and oxygen atoms in total. The minimum Gasteiger partial charge on any atom is -0.495 e. The lowest BCUT2D eigenvalue weighted by molar-refractivity contribution is -0.140. The Kier molecular flexibility index (Phi) is 6.01. The third-order valence-electron chi connectivity index (χ3n) is 2.94. The first-order chi connectivity index (χ1) is 9.47. The minimum absolute atomic E-state index is 0.300. The molecule has 1 aromatic rings. The van der Waals surface area contributed by atoms with Crippen molar-refractivity contribution in [1.82, 2.24) is 5.32 Å². The number of nitriles is 1. The van der Waals surface area contributed by atoms with Crippen LogP contribution in [0, 0.1) is 17.2 Å². The van der Waals surface area contributed by atoms with Gasteiger partial charge in [-0.25, -0.2) is 0 Å². The van der Waals surface area contributed by atoms with E-state index in [1.807, 2.05) is 19.9 Å². The molecule has 108 valence electrons. The lowest BCUT2D eigenvalue weighted by atomic mass is 10.0. The van der Waals surface area contributed by atoms with Gasteiger partial charge in [-0.05, 0) is 30.0 Å². The molecule has 0 fully saturated rings. The van der Waals surface area contributed by atoms with E-state index in [2.05, 4.69) is 11.4 Å². The summed E-state index contributed by atoms with van der Waals surface area (Å²) in [5, 5.41) is 21.2. The summed E-state index contributed by atoms with van der Waals surface area (Å²) in [5.74, 6) is -0.0323. The van der Waals surface area contributed by atoms with Crippen molar-refractivity contribution in [1.29, 1.82) is 5.26 Å². The highest BCUT2D eigenvalue weighted by Crippen LogP contribution is 2.19. The van der Waals surface area contributed by atoms with Crippen LogP contribution in [0.3, 0.4) is 0 Å². The maximum Gasteiger partial charge on any atom is 0.320 e. The zero-order valence-electron chi connectivity index (χ0n) is 12.0. The molecule has 0 unspecified atom stereocenters. The van der Waals surface area contributed by atoms with Gasteiger partial charge in [-0.1, -0.05) is 19.9 Å². The molecule has 0 bridgehead atoms. The Morgan fingerprint density at radius 3 is 2.70 bits per heavy atom. The van der Waals surface area contributed by atoms with Crippen LogP contribution in [0.25, 0.3) is 0 Å². The van der Waals surface area contributed by atoms with Crippen LogP contribution in [0.4, 0.5) is 0 Å². The van der Waals surface area contributed by atoms with Crippen LogP contribution in [0.15, 0.2) is 18.2 Å². The van der Waals surface area contributed by atoms with Gasteiger partial charge >= 0.3 is 5.97 Å². The average molecular weight is 276 g/mol. The van der Waals surface area contributed by atoms with Crippen molar-refractivity contribution in [3.63, 3.8) is 0 Å². The Labute approximate surface area is 119 Å². The fraction of sp³-hybridized carbons (Fsp3) is 0.467. The number of carboxylic acid groups (broad SMARTS) is 1. The number of benzene rings is 1. The van der Waals surface area contributed by atoms with Crippen molar-refractivity contribution < 1.29 is 14.6 Å². The lowest BCUT2D eigenvalue weighted by Gasteiger charge is -2.16. The minimum atomic E-state index is -0.854. The van der Waals surface area contributed by atoms with Gasteiger partial charge in [0.25, 0.3) is 0 Å². The summed E-state index contributed by atoms with van der Waals surface area (Å²) in [5.41, 5.74) is 1.31. The summed E-state index contributed by atoms with van der Waals surface area (Å²) < 4.78 is 5.07. The molecule has 0 amide bonds. The molecule has 0 radical (unpaired) electrons. The maximum absolute atomic E-state index is 11.1. The van der Waals surface area contributed by atoms with E-state index >= 15 is 0 Å². The third kappa shape index (κ3) is 4.56. The van der Waals surface area contributed by atoms with Crippen LogP contribution in [0.1, 0.15) is 31.4 Å². The fourth-order valence-corrected chi connectivity index (χ4v) is 1.94. The molecule has 1 rings (SSSR count). The highest BCUT2D eigenvalue weighted by molar-refractivity contribution is 5.73. The summed E-state index contributed by atoms with van der Waals surface area (Å²) in [7, 11) is 1.51. The number of rotatable bonds is 7. The van der Waals surface area contributed by atoms with Crippen LogP contribution in [-0.2, 0) is 11.3 Å². The summed E-state index contributed by atoms with van der Waals surface area (Å²) in [6.45, 7) is 4.37. The summed E-state index contributed by atoms with van der Waals surface area (Å²) >= 11 is 0. The number of hydrogen-bond acceptors (Lipinski definition) is 4. The molecule has 1 aromatic carbocycles. The monoisotopic (exact) mass is 276 g/mol. The van der Waals surface area contributed by atoms with Gasteiger partial charge in [-0.3, -0.25) is 4.79 Å². The number of aliphatic carboxylic acids is 1.